The summed E-state index contributed by atoms with van der Waals surface area (Å²) in [6.45, 7) is 0. The number of carbonyl (C=O) groups excluding carboxylic acids is 4. The summed E-state index contributed by atoms with van der Waals surface area (Å²) in [5, 5.41) is 2.36. The standard InChI is InChI=1S/C22H14B4ClF2N3O4/c23-16-12(17(24)32(26)21(36)22(28,29)9-1-3-10(27)4-2-9)6-5-11-15(16)18(25)31(20(11)35)13-7-8-14(33)30-19(13)34/h1-6,13,17-18H,7-8H2,(H,30,33,34). The Kier molecular flexibility index (Phi) is 6.81. The lowest BCUT2D eigenvalue weighted by atomic mass is 9.71. The van der Waals surface area contributed by atoms with E-state index in [0.29, 0.717) is 0 Å². The van der Waals surface area contributed by atoms with E-state index in [1.807, 2.05) is 0 Å². The minimum absolute atomic E-state index is 0.0148. The fourth-order valence-electron chi connectivity index (χ4n) is 4.32. The van der Waals surface area contributed by atoms with Gasteiger partial charge in [-0.3, -0.25) is 24.5 Å². The Morgan fingerprint density at radius 2 is 1.81 bits per heavy atom. The van der Waals surface area contributed by atoms with Crippen molar-refractivity contribution in [3.63, 3.8) is 0 Å². The summed E-state index contributed by atoms with van der Waals surface area (Å²) in [6.07, 6.45) is 0.0795. The van der Waals surface area contributed by atoms with Crippen LogP contribution in [0.4, 0.5) is 8.78 Å². The van der Waals surface area contributed by atoms with Crippen molar-refractivity contribution < 1.29 is 28.0 Å². The summed E-state index contributed by atoms with van der Waals surface area (Å²) in [7, 11) is 24.2. The topological polar surface area (TPSA) is 86.8 Å². The predicted molar refractivity (Wildman–Crippen MR) is 129 cm³/mol. The summed E-state index contributed by atoms with van der Waals surface area (Å²) >= 11 is 5.72. The molecule has 3 atom stereocenters. The molecule has 4 rings (SSSR count). The molecule has 4 amide bonds. The normalized spacial score (nSPS) is 20.6. The first-order valence-electron chi connectivity index (χ1n) is 10.7. The van der Waals surface area contributed by atoms with Crippen LogP contribution in [0.15, 0.2) is 36.4 Å². The van der Waals surface area contributed by atoms with Crippen LogP contribution in [-0.2, 0) is 20.3 Å². The van der Waals surface area contributed by atoms with Crippen molar-refractivity contribution in [3.8, 4) is 0 Å². The SMILES string of the molecule is [B]c1c(C([B])N([B])C(=O)C(F)(F)c2ccc(Cl)cc2)ccc2c1C([B])N(C1CCC(=O)NC1=O)C2=O. The summed E-state index contributed by atoms with van der Waals surface area (Å²) in [5.41, 5.74) is -0.655. The number of rotatable bonds is 5. The maximum Gasteiger partial charge on any atom is 0.348 e. The Hall–Kier alpha value is -3.07. The third kappa shape index (κ3) is 4.23. The number of benzene rings is 2. The molecular weight excluding hydrogens is 487 g/mol. The van der Waals surface area contributed by atoms with Gasteiger partial charge in [-0.05, 0) is 35.7 Å². The van der Waals surface area contributed by atoms with Gasteiger partial charge in [0.25, 0.3) is 11.8 Å². The van der Waals surface area contributed by atoms with E-state index in [1.54, 1.807) is 0 Å². The summed E-state index contributed by atoms with van der Waals surface area (Å²) in [5.74, 6) is -10.4. The van der Waals surface area contributed by atoms with Gasteiger partial charge in [0.1, 0.15) is 29.6 Å². The molecule has 2 heterocycles. The maximum absolute atomic E-state index is 14.8. The molecule has 0 bridgehead atoms. The largest absolute Gasteiger partial charge is 0.393 e. The number of piperidine rings is 1. The van der Waals surface area contributed by atoms with E-state index >= 15 is 0 Å². The average Bonchev–Trinajstić information content (AvgIpc) is 3.08. The highest BCUT2D eigenvalue weighted by Crippen LogP contribution is 2.36. The van der Waals surface area contributed by atoms with E-state index in [1.165, 1.54) is 24.3 Å². The molecule has 2 aromatic rings. The Morgan fingerprint density at radius 3 is 2.42 bits per heavy atom. The number of alkyl halides is 2. The molecule has 1 fully saturated rings. The number of imide groups is 1. The van der Waals surface area contributed by atoms with Gasteiger partial charge in [-0.15, -0.1) is 0 Å². The lowest BCUT2D eigenvalue weighted by Gasteiger charge is -2.34. The summed E-state index contributed by atoms with van der Waals surface area (Å²) in [4.78, 5) is 50.6. The van der Waals surface area contributed by atoms with Crippen LogP contribution in [0, 0.1) is 0 Å². The van der Waals surface area contributed by atoms with Gasteiger partial charge in [-0.1, -0.05) is 35.3 Å². The molecule has 7 nitrogen and oxygen atoms in total. The van der Waals surface area contributed by atoms with Crippen LogP contribution in [0.5, 0.6) is 0 Å². The fourth-order valence-corrected chi connectivity index (χ4v) is 4.45. The van der Waals surface area contributed by atoms with Gasteiger partial charge in [0.15, 0.2) is 0 Å². The minimum Gasteiger partial charge on any atom is -0.393 e. The van der Waals surface area contributed by atoms with Crippen LogP contribution in [0.3, 0.4) is 0 Å². The first-order chi connectivity index (χ1) is 16.9. The van der Waals surface area contributed by atoms with Crippen LogP contribution in [0.25, 0.3) is 0 Å². The van der Waals surface area contributed by atoms with Crippen molar-refractivity contribution in [2.75, 3.05) is 0 Å². The molecule has 2 aliphatic rings. The van der Waals surface area contributed by atoms with E-state index in [0.717, 1.165) is 17.0 Å². The number of fused-ring (bicyclic) bond motifs is 1. The third-order valence-electron chi connectivity index (χ3n) is 6.26. The van der Waals surface area contributed by atoms with Gasteiger partial charge in [0.05, 0.1) is 0 Å². The number of halogens is 3. The molecule has 0 aliphatic carbocycles. The van der Waals surface area contributed by atoms with Crippen LogP contribution in [-0.4, -0.2) is 70.9 Å². The van der Waals surface area contributed by atoms with Crippen molar-refractivity contribution in [1.29, 1.82) is 0 Å². The van der Waals surface area contributed by atoms with Crippen LogP contribution in [0.1, 0.15) is 51.8 Å². The van der Waals surface area contributed by atoms with Crippen molar-refractivity contribution in [3.05, 3.63) is 63.7 Å². The fraction of sp³-hybridized carbons (Fsp3) is 0.273. The molecule has 3 unspecified atom stereocenters. The average molecular weight is 501 g/mol. The molecule has 0 saturated carbocycles. The van der Waals surface area contributed by atoms with E-state index in [4.69, 9.17) is 43.1 Å². The molecule has 36 heavy (non-hydrogen) atoms. The second-order valence-electron chi connectivity index (χ2n) is 8.39. The second-order valence-corrected chi connectivity index (χ2v) is 8.83. The molecule has 2 aromatic carbocycles. The molecule has 8 radical (unpaired) electrons. The number of nitrogens with zero attached hydrogens (tertiary/aromatic N) is 2. The van der Waals surface area contributed by atoms with E-state index < -0.39 is 53.0 Å². The first-order valence-corrected chi connectivity index (χ1v) is 11.1. The van der Waals surface area contributed by atoms with E-state index in [9.17, 15) is 28.0 Å². The zero-order chi connectivity index (χ0) is 26.5. The lowest BCUT2D eigenvalue weighted by molar-refractivity contribution is -0.154. The molecule has 0 spiro atoms. The Morgan fingerprint density at radius 1 is 1.17 bits per heavy atom. The quantitative estimate of drug-likeness (QED) is 0.476. The molecule has 1 N–H and O–H groups in total. The van der Waals surface area contributed by atoms with Gasteiger partial charge < -0.3 is 9.71 Å². The van der Waals surface area contributed by atoms with E-state index in [2.05, 4.69) is 5.32 Å². The van der Waals surface area contributed by atoms with Crippen LogP contribution in [0.2, 0.25) is 5.02 Å². The predicted octanol–water partition coefficient (Wildman–Crippen LogP) is 0.433. The van der Waals surface area contributed by atoms with Gasteiger partial charge in [-0.2, -0.15) is 8.78 Å². The monoisotopic (exact) mass is 501 g/mol. The zero-order valence-electron chi connectivity index (χ0n) is 18.6. The second kappa shape index (κ2) is 9.42. The zero-order valence-corrected chi connectivity index (χ0v) is 19.3. The summed E-state index contributed by atoms with van der Waals surface area (Å²) < 4.78 is 29.7. The van der Waals surface area contributed by atoms with Crippen molar-refractivity contribution in [2.24, 2.45) is 0 Å². The minimum atomic E-state index is -4.03. The van der Waals surface area contributed by atoms with Gasteiger partial charge in [0.2, 0.25) is 19.8 Å². The maximum atomic E-state index is 14.8. The molecule has 14 heteroatoms. The molecule has 1 saturated heterocycles. The molecule has 2 aliphatic heterocycles. The van der Waals surface area contributed by atoms with Gasteiger partial charge in [-0.25, -0.2) is 0 Å². The third-order valence-corrected chi connectivity index (χ3v) is 6.51. The van der Waals surface area contributed by atoms with Crippen molar-refractivity contribution >= 4 is 72.2 Å². The summed E-state index contributed by atoms with van der Waals surface area (Å²) in [6, 6.07) is 5.93. The Bertz CT molecular complexity index is 1280. The van der Waals surface area contributed by atoms with Gasteiger partial charge in [0, 0.05) is 34.5 Å². The highest BCUT2D eigenvalue weighted by molar-refractivity contribution is 6.38. The van der Waals surface area contributed by atoms with Gasteiger partial charge >= 0.3 is 5.92 Å². The van der Waals surface area contributed by atoms with Crippen molar-refractivity contribution in [2.45, 2.75) is 36.7 Å². The number of hydrogen-bond donors (Lipinski definition) is 1. The number of hydrogen-bond acceptors (Lipinski definition) is 4. The lowest BCUT2D eigenvalue weighted by Crippen LogP contribution is -2.53. The highest BCUT2D eigenvalue weighted by atomic mass is 35.5. The van der Waals surface area contributed by atoms with Crippen molar-refractivity contribution in [1.82, 2.24) is 15.0 Å². The number of nitrogens with one attached hydrogen (secondary N) is 1. The highest BCUT2D eigenvalue weighted by Gasteiger charge is 2.45. The smallest absolute Gasteiger partial charge is 0.348 e. The van der Waals surface area contributed by atoms with E-state index in [-0.39, 0.29) is 44.8 Å². The number of carbonyl (C=O) groups is 4. The molecular formula is C22H14B4ClF2N3O4. The molecule has 0 aromatic heterocycles. The van der Waals surface area contributed by atoms with Crippen LogP contribution >= 0.6 is 11.6 Å². The first kappa shape index (κ1) is 26.0. The van der Waals surface area contributed by atoms with Crippen LogP contribution < -0.4 is 10.8 Å². The number of amides is 4. The molecule has 174 valence electrons. The Labute approximate surface area is 215 Å². The Balaban J connectivity index is 1.62.